The normalized spacial score (nSPS) is 18.0. The summed E-state index contributed by atoms with van der Waals surface area (Å²) in [6.07, 6.45) is 5.79. The average molecular weight is 280 g/mol. The molecule has 1 aromatic rings. The van der Waals surface area contributed by atoms with Crippen molar-refractivity contribution in [2.45, 2.75) is 51.1 Å². The Kier molecular flexibility index (Phi) is 5.38. The van der Waals surface area contributed by atoms with Gasteiger partial charge in [0, 0.05) is 18.6 Å². The van der Waals surface area contributed by atoms with Crippen LogP contribution >= 0.6 is 0 Å². The minimum Gasteiger partial charge on any atom is -0.395 e. The van der Waals surface area contributed by atoms with Crippen molar-refractivity contribution >= 4 is 5.69 Å². The van der Waals surface area contributed by atoms with Crippen LogP contribution in [0.4, 0.5) is 10.1 Å². The van der Waals surface area contributed by atoms with Gasteiger partial charge in [0.05, 0.1) is 12.3 Å². The van der Waals surface area contributed by atoms with Crippen LogP contribution in [-0.2, 0) is 0 Å². The van der Waals surface area contributed by atoms with E-state index in [0.29, 0.717) is 18.3 Å². The average Bonchev–Trinajstić information content (AvgIpc) is 2.46. The molecule has 1 atom stereocenters. The SMILES string of the molecule is C[C@@H](N)c1ccc(N(CCO)C2CCCCC2)c(F)c1. The van der Waals surface area contributed by atoms with Crippen LogP contribution in [0.1, 0.15) is 50.6 Å². The van der Waals surface area contributed by atoms with Gasteiger partial charge in [-0.15, -0.1) is 0 Å². The molecule has 0 aliphatic heterocycles. The van der Waals surface area contributed by atoms with Gasteiger partial charge >= 0.3 is 0 Å². The first-order valence-electron chi connectivity index (χ1n) is 7.56. The fourth-order valence-corrected chi connectivity index (χ4v) is 3.04. The number of aliphatic hydroxyl groups is 1. The van der Waals surface area contributed by atoms with Crippen LogP contribution in [0, 0.1) is 5.82 Å². The molecule has 112 valence electrons. The number of anilines is 1. The second-order valence-electron chi connectivity index (χ2n) is 5.71. The summed E-state index contributed by atoms with van der Waals surface area (Å²) in [7, 11) is 0. The van der Waals surface area contributed by atoms with Crippen molar-refractivity contribution in [2.24, 2.45) is 5.73 Å². The van der Waals surface area contributed by atoms with E-state index in [-0.39, 0.29) is 18.5 Å². The lowest BCUT2D eigenvalue weighted by Gasteiger charge is -2.36. The number of rotatable bonds is 5. The molecule has 1 aliphatic carbocycles. The van der Waals surface area contributed by atoms with Crippen LogP contribution in [0.25, 0.3) is 0 Å². The number of aliphatic hydroxyl groups excluding tert-OH is 1. The summed E-state index contributed by atoms with van der Waals surface area (Å²) >= 11 is 0. The number of benzene rings is 1. The Morgan fingerprint density at radius 1 is 1.35 bits per heavy atom. The molecule has 0 saturated heterocycles. The lowest BCUT2D eigenvalue weighted by molar-refractivity contribution is 0.289. The number of nitrogens with zero attached hydrogens (tertiary/aromatic N) is 1. The Bertz CT molecular complexity index is 430. The van der Waals surface area contributed by atoms with E-state index in [2.05, 4.69) is 0 Å². The summed E-state index contributed by atoms with van der Waals surface area (Å²) in [5, 5.41) is 9.28. The van der Waals surface area contributed by atoms with Crippen molar-refractivity contribution in [3.8, 4) is 0 Å². The molecule has 0 amide bonds. The maximum atomic E-state index is 14.4. The van der Waals surface area contributed by atoms with Gasteiger partial charge in [-0.3, -0.25) is 0 Å². The van der Waals surface area contributed by atoms with E-state index in [1.807, 2.05) is 17.9 Å². The number of hydrogen-bond acceptors (Lipinski definition) is 3. The molecule has 1 fully saturated rings. The first-order chi connectivity index (χ1) is 9.63. The molecule has 0 aromatic heterocycles. The lowest BCUT2D eigenvalue weighted by atomic mass is 9.93. The first-order valence-corrected chi connectivity index (χ1v) is 7.56. The van der Waals surface area contributed by atoms with Crippen LogP contribution in [0.2, 0.25) is 0 Å². The number of halogens is 1. The molecule has 0 radical (unpaired) electrons. The minimum atomic E-state index is -0.237. The monoisotopic (exact) mass is 280 g/mol. The van der Waals surface area contributed by atoms with E-state index < -0.39 is 0 Å². The molecule has 20 heavy (non-hydrogen) atoms. The number of nitrogens with two attached hydrogens (primary N) is 1. The predicted molar refractivity (Wildman–Crippen MR) is 80.3 cm³/mol. The quantitative estimate of drug-likeness (QED) is 0.871. The molecule has 4 heteroatoms. The van der Waals surface area contributed by atoms with Gasteiger partial charge in [0.25, 0.3) is 0 Å². The third-order valence-corrected chi connectivity index (χ3v) is 4.16. The van der Waals surface area contributed by atoms with Gasteiger partial charge < -0.3 is 15.7 Å². The maximum Gasteiger partial charge on any atom is 0.146 e. The fraction of sp³-hybridized carbons (Fsp3) is 0.625. The van der Waals surface area contributed by atoms with E-state index in [0.717, 1.165) is 18.4 Å². The van der Waals surface area contributed by atoms with Crippen molar-refractivity contribution in [3.05, 3.63) is 29.6 Å². The smallest absolute Gasteiger partial charge is 0.146 e. The van der Waals surface area contributed by atoms with E-state index >= 15 is 0 Å². The molecule has 0 spiro atoms. The largest absolute Gasteiger partial charge is 0.395 e. The Balaban J connectivity index is 2.24. The van der Waals surface area contributed by atoms with Crippen molar-refractivity contribution in [3.63, 3.8) is 0 Å². The zero-order valence-electron chi connectivity index (χ0n) is 12.2. The van der Waals surface area contributed by atoms with Crippen LogP contribution in [0.3, 0.4) is 0 Å². The Hall–Kier alpha value is -1.13. The highest BCUT2D eigenvalue weighted by Gasteiger charge is 2.23. The van der Waals surface area contributed by atoms with Gasteiger partial charge in [-0.2, -0.15) is 0 Å². The minimum absolute atomic E-state index is 0.0466. The summed E-state index contributed by atoms with van der Waals surface area (Å²) < 4.78 is 14.4. The fourth-order valence-electron chi connectivity index (χ4n) is 3.04. The summed E-state index contributed by atoms with van der Waals surface area (Å²) in [6.45, 7) is 2.38. The molecule has 1 aliphatic rings. The third-order valence-electron chi connectivity index (χ3n) is 4.16. The Labute approximate surface area is 120 Å². The molecule has 1 saturated carbocycles. The Morgan fingerprint density at radius 2 is 2.05 bits per heavy atom. The first kappa shape index (κ1) is 15.3. The molecule has 0 heterocycles. The zero-order valence-corrected chi connectivity index (χ0v) is 12.2. The molecular weight excluding hydrogens is 255 g/mol. The summed E-state index contributed by atoms with van der Waals surface area (Å²) in [4.78, 5) is 2.03. The lowest BCUT2D eigenvalue weighted by Crippen LogP contribution is -2.39. The topological polar surface area (TPSA) is 49.5 Å². The van der Waals surface area contributed by atoms with Crippen LogP contribution in [0.5, 0.6) is 0 Å². The van der Waals surface area contributed by atoms with E-state index in [9.17, 15) is 9.50 Å². The molecule has 0 unspecified atom stereocenters. The molecule has 0 bridgehead atoms. The zero-order chi connectivity index (χ0) is 14.5. The van der Waals surface area contributed by atoms with Crippen molar-refractivity contribution in [1.82, 2.24) is 0 Å². The summed E-state index contributed by atoms with van der Waals surface area (Å²) in [6, 6.07) is 5.38. The van der Waals surface area contributed by atoms with Crippen LogP contribution in [-0.4, -0.2) is 24.3 Å². The third kappa shape index (κ3) is 3.49. The standard InChI is InChI=1S/C16H25FN2O/c1-12(18)13-7-8-16(15(17)11-13)19(9-10-20)14-5-3-2-4-6-14/h7-8,11-12,14,20H,2-6,9-10,18H2,1H3/t12-/m1/s1. The van der Waals surface area contributed by atoms with Crippen molar-refractivity contribution in [1.29, 1.82) is 0 Å². The molecule has 3 nitrogen and oxygen atoms in total. The number of hydrogen-bond donors (Lipinski definition) is 2. The van der Waals surface area contributed by atoms with E-state index in [4.69, 9.17) is 5.73 Å². The Morgan fingerprint density at radius 3 is 2.60 bits per heavy atom. The van der Waals surface area contributed by atoms with E-state index in [1.54, 1.807) is 6.07 Å². The second kappa shape index (κ2) is 7.04. The second-order valence-corrected chi connectivity index (χ2v) is 5.71. The van der Waals surface area contributed by atoms with Gasteiger partial charge in [-0.25, -0.2) is 4.39 Å². The van der Waals surface area contributed by atoms with Crippen molar-refractivity contribution < 1.29 is 9.50 Å². The van der Waals surface area contributed by atoms with Gasteiger partial charge in [0.15, 0.2) is 0 Å². The highest BCUT2D eigenvalue weighted by Crippen LogP contribution is 2.30. The highest BCUT2D eigenvalue weighted by atomic mass is 19.1. The van der Waals surface area contributed by atoms with Crippen LogP contribution in [0.15, 0.2) is 18.2 Å². The van der Waals surface area contributed by atoms with Crippen LogP contribution < -0.4 is 10.6 Å². The van der Waals surface area contributed by atoms with Gasteiger partial charge in [0.1, 0.15) is 5.82 Å². The molecule has 1 aromatic carbocycles. The van der Waals surface area contributed by atoms with Gasteiger partial charge in [-0.05, 0) is 37.5 Å². The van der Waals surface area contributed by atoms with Crippen molar-refractivity contribution in [2.75, 3.05) is 18.1 Å². The predicted octanol–water partition coefficient (Wildman–Crippen LogP) is 2.98. The summed E-state index contributed by atoms with van der Waals surface area (Å²) in [5.74, 6) is -0.237. The van der Waals surface area contributed by atoms with Gasteiger partial charge in [0.2, 0.25) is 0 Å². The molecule has 2 rings (SSSR count). The van der Waals surface area contributed by atoms with Gasteiger partial charge in [-0.1, -0.05) is 25.3 Å². The maximum absolute atomic E-state index is 14.4. The highest BCUT2D eigenvalue weighted by molar-refractivity contribution is 5.50. The summed E-state index contributed by atoms with van der Waals surface area (Å²) in [5.41, 5.74) is 7.19. The molecule has 3 N–H and O–H groups in total. The van der Waals surface area contributed by atoms with E-state index in [1.165, 1.54) is 25.3 Å². The molecular formula is C16H25FN2O.